The average Bonchev–Trinajstić information content (AvgIpc) is 2.78. The van der Waals surface area contributed by atoms with E-state index in [4.69, 9.17) is 4.74 Å². The summed E-state index contributed by atoms with van der Waals surface area (Å²) in [5, 5.41) is 0. The fourth-order valence-corrected chi connectivity index (χ4v) is 4.33. The van der Waals surface area contributed by atoms with E-state index in [1.807, 2.05) is 66.6 Å². The first kappa shape index (κ1) is 19.7. The minimum atomic E-state index is -0.0850. The zero-order valence-corrected chi connectivity index (χ0v) is 17.2. The lowest BCUT2D eigenvalue weighted by molar-refractivity contribution is -0.0691. The van der Waals surface area contributed by atoms with Crippen molar-refractivity contribution < 1.29 is 9.53 Å². The summed E-state index contributed by atoms with van der Waals surface area (Å²) in [5.41, 5.74) is 3.02. The Bertz CT molecular complexity index is 932. The fourth-order valence-electron chi connectivity index (χ4n) is 3.50. The number of amides is 1. The number of aromatic nitrogens is 1. The van der Waals surface area contributed by atoms with Gasteiger partial charge in [-0.3, -0.25) is 9.78 Å². The summed E-state index contributed by atoms with van der Waals surface area (Å²) >= 11 is 1.74. The van der Waals surface area contributed by atoms with Gasteiger partial charge in [-0.15, -0.1) is 11.8 Å². The minimum Gasteiger partial charge on any atom is -0.367 e. The van der Waals surface area contributed by atoms with Gasteiger partial charge in [0.05, 0.1) is 12.6 Å². The number of carbonyl (C=O) groups is 1. The highest BCUT2D eigenvalue weighted by Gasteiger charge is 2.29. The van der Waals surface area contributed by atoms with E-state index in [0.29, 0.717) is 13.1 Å². The van der Waals surface area contributed by atoms with Crippen LogP contribution in [0.3, 0.4) is 0 Å². The van der Waals surface area contributed by atoms with Crippen LogP contribution < -0.4 is 0 Å². The molecule has 3 aromatic rings. The molecular formula is C24H24N2O2S. The molecule has 1 aliphatic heterocycles. The minimum absolute atomic E-state index is 0.00668. The lowest BCUT2D eigenvalue weighted by atomic mass is 10.1. The zero-order valence-electron chi connectivity index (χ0n) is 16.4. The van der Waals surface area contributed by atoms with Gasteiger partial charge in [0.25, 0.3) is 5.91 Å². The molecule has 2 unspecified atom stereocenters. The molecule has 2 aromatic carbocycles. The molecule has 2 heterocycles. The van der Waals surface area contributed by atoms with Crippen LogP contribution in [-0.2, 0) is 10.5 Å². The highest BCUT2D eigenvalue weighted by atomic mass is 32.2. The third kappa shape index (κ3) is 5.05. The van der Waals surface area contributed by atoms with Gasteiger partial charge >= 0.3 is 0 Å². The predicted octanol–water partition coefficient (Wildman–Crippen LogP) is 4.98. The van der Waals surface area contributed by atoms with Crippen molar-refractivity contribution in [3.05, 3.63) is 95.8 Å². The number of rotatable bonds is 5. The van der Waals surface area contributed by atoms with Gasteiger partial charge in [-0.2, -0.15) is 0 Å². The first-order chi connectivity index (χ1) is 14.2. The Kier molecular flexibility index (Phi) is 6.27. The third-order valence-electron chi connectivity index (χ3n) is 4.95. The van der Waals surface area contributed by atoms with Crippen LogP contribution >= 0.6 is 11.8 Å². The SMILES string of the molecule is CC1CN(C(=O)c2ccc(SCc3cccnc3)cc2)CC(c2ccccc2)O1. The summed E-state index contributed by atoms with van der Waals surface area (Å²) in [6.07, 6.45) is 3.59. The number of carbonyl (C=O) groups excluding carboxylic acids is 1. The normalized spacial score (nSPS) is 19.1. The summed E-state index contributed by atoms with van der Waals surface area (Å²) in [6.45, 7) is 3.21. The molecule has 1 fully saturated rings. The molecule has 0 spiro atoms. The first-order valence-electron chi connectivity index (χ1n) is 9.80. The molecule has 148 valence electrons. The largest absolute Gasteiger partial charge is 0.367 e. The molecule has 0 aliphatic carbocycles. The number of benzene rings is 2. The van der Waals surface area contributed by atoms with E-state index in [0.717, 1.165) is 21.8 Å². The van der Waals surface area contributed by atoms with Crippen LogP contribution in [0.5, 0.6) is 0 Å². The Hall–Kier alpha value is -2.63. The van der Waals surface area contributed by atoms with Gasteiger partial charge in [0, 0.05) is 35.2 Å². The zero-order chi connectivity index (χ0) is 20.1. The Labute approximate surface area is 175 Å². The van der Waals surface area contributed by atoms with Crippen LogP contribution in [0.15, 0.2) is 84.0 Å². The number of pyridine rings is 1. The maximum Gasteiger partial charge on any atom is 0.254 e. The molecule has 4 nitrogen and oxygen atoms in total. The van der Waals surface area contributed by atoms with E-state index in [-0.39, 0.29) is 18.1 Å². The number of ether oxygens (including phenoxy) is 1. The van der Waals surface area contributed by atoms with E-state index < -0.39 is 0 Å². The van der Waals surface area contributed by atoms with Gasteiger partial charge in [-0.05, 0) is 48.4 Å². The van der Waals surface area contributed by atoms with E-state index in [1.54, 1.807) is 18.0 Å². The first-order valence-corrected chi connectivity index (χ1v) is 10.8. The summed E-state index contributed by atoms with van der Waals surface area (Å²) in [7, 11) is 0. The Morgan fingerprint density at radius 2 is 1.86 bits per heavy atom. The van der Waals surface area contributed by atoms with Gasteiger partial charge in [0.1, 0.15) is 6.10 Å². The lowest BCUT2D eigenvalue weighted by Crippen LogP contribution is -2.45. The maximum absolute atomic E-state index is 13.1. The van der Waals surface area contributed by atoms with Crippen molar-refractivity contribution >= 4 is 17.7 Å². The Balaban J connectivity index is 1.40. The number of morpholine rings is 1. The summed E-state index contributed by atoms with van der Waals surface area (Å²) in [6, 6.07) is 22.0. The van der Waals surface area contributed by atoms with E-state index in [1.165, 1.54) is 5.56 Å². The summed E-state index contributed by atoms with van der Waals surface area (Å²) < 4.78 is 6.08. The van der Waals surface area contributed by atoms with Crippen LogP contribution in [0.25, 0.3) is 0 Å². The van der Waals surface area contributed by atoms with Gasteiger partial charge in [-0.1, -0.05) is 36.4 Å². The molecule has 0 radical (unpaired) electrons. The summed E-state index contributed by atoms with van der Waals surface area (Å²) in [5.74, 6) is 0.922. The molecule has 4 rings (SSSR count). The number of hydrogen-bond donors (Lipinski definition) is 0. The number of hydrogen-bond acceptors (Lipinski definition) is 4. The average molecular weight is 405 g/mol. The van der Waals surface area contributed by atoms with Gasteiger partial charge in [0.15, 0.2) is 0 Å². The van der Waals surface area contributed by atoms with Crippen molar-refractivity contribution in [3.63, 3.8) is 0 Å². The van der Waals surface area contributed by atoms with E-state index in [9.17, 15) is 4.79 Å². The second-order valence-corrected chi connectivity index (χ2v) is 8.28. The number of nitrogens with zero attached hydrogens (tertiary/aromatic N) is 2. The third-order valence-corrected chi connectivity index (χ3v) is 6.03. The van der Waals surface area contributed by atoms with Crippen molar-refractivity contribution in [3.8, 4) is 0 Å². The molecule has 0 N–H and O–H groups in total. The van der Waals surface area contributed by atoms with Crippen LogP contribution in [0.4, 0.5) is 0 Å². The molecule has 1 saturated heterocycles. The highest BCUT2D eigenvalue weighted by molar-refractivity contribution is 7.98. The van der Waals surface area contributed by atoms with E-state index in [2.05, 4.69) is 23.2 Å². The molecule has 1 aromatic heterocycles. The second-order valence-electron chi connectivity index (χ2n) is 7.23. The molecule has 1 aliphatic rings. The summed E-state index contributed by atoms with van der Waals surface area (Å²) in [4.78, 5) is 20.3. The molecule has 1 amide bonds. The molecule has 5 heteroatoms. The van der Waals surface area contributed by atoms with Crippen molar-refractivity contribution in [2.75, 3.05) is 13.1 Å². The van der Waals surface area contributed by atoms with Crippen LogP contribution in [0, 0.1) is 0 Å². The van der Waals surface area contributed by atoms with Crippen molar-refractivity contribution in [1.82, 2.24) is 9.88 Å². The van der Waals surface area contributed by atoms with E-state index >= 15 is 0 Å². The smallest absolute Gasteiger partial charge is 0.254 e. The topological polar surface area (TPSA) is 42.4 Å². The van der Waals surface area contributed by atoms with Crippen LogP contribution in [0.1, 0.15) is 34.5 Å². The van der Waals surface area contributed by atoms with Crippen molar-refractivity contribution in [2.45, 2.75) is 29.8 Å². The van der Waals surface area contributed by atoms with Gasteiger partial charge in [-0.25, -0.2) is 0 Å². The maximum atomic E-state index is 13.1. The highest BCUT2D eigenvalue weighted by Crippen LogP contribution is 2.27. The quantitative estimate of drug-likeness (QED) is 0.563. The fraction of sp³-hybridized carbons (Fsp3) is 0.250. The Morgan fingerprint density at radius 1 is 1.07 bits per heavy atom. The van der Waals surface area contributed by atoms with Crippen LogP contribution in [-0.4, -0.2) is 35.0 Å². The molecular weight excluding hydrogens is 380 g/mol. The predicted molar refractivity (Wildman–Crippen MR) is 116 cm³/mol. The van der Waals surface area contributed by atoms with Crippen molar-refractivity contribution in [2.24, 2.45) is 0 Å². The molecule has 2 atom stereocenters. The Morgan fingerprint density at radius 3 is 2.59 bits per heavy atom. The molecule has 0 saturated carbocycles. The number of thioether (sulfide) groups is 1. The monoisotopic (exact) mass is 404 g/mol. The van der Waals surface area contributed by atoms with Crippen molar-refractivity contribution in [1.29, 1.82) is 0 Å². The van der Waals surface area contributed by atoms with Crippen LogP contribution in [0.2, 0.25) is 0 Å². The molecule has 0 bridgehead atoms. The lowest BCUT2D eigenvalue weighted by Gasteiger charge is -2.37. The standard InChI is InChI=1S/C24H24N2O2S/c1-18-15-26(16-23(28-18)20-7-3-2-4-8-20)24(27)21-9-11-22(12-10-21)29-17-19-6-5-13-25-14-19/h2-14,18,23H,15-17H2,1H3. The molecule has 29 heavy (non-hydrogen) atoms. The van der Waals surface area contributed by atoms with Gasteiger partial charge in [0.2, 0.25) is 0 Å². The second kappa shape index (κ2) is 9.25. The van der Waals surface area contributed by atoms with Gasteiger partial charge < -0.3 is 9.64 Å².